The SMILES string of the molecule is Cc1sc(NC(=O)CCc2cc(Br)cs2)c(C(N)=O)c1-c1ccccc1. The third kappa shape index (κ3) is 4.23. The highest BCUT2D eigenvalue weighted by Crippen LogP contribution is 2.39. The first-order chi connectivity index (χ1) is 12.5. The lowest BCUT2D eigenvalue weighted by Crippen LogP contribution is -2.17. The molecule has 0 aliphatic rings. The van der Waals surface area contributed by atoms with Crippen LogP contribution in [0.4, 0.5) is 5.00 Å². The van der Waals surface area contributed by atoms with Crippen LogP contribution in [-0.2, 0) is 11.2 Å². The summed E-state index contributed by atoms with van der Waals surface area (Å²) in [6.07, 6.45) is 1.01. The second-order valence-electron chi connectivity index (χ2n) is 5.75. The molecule has 26 heavy (non-hydrogen) atoms. The number of aryl methyl sites for hydroxylation is 2. The van der Waals surface area contributed by atoms with Crippen LogP contribution in [0.3, 0.4) is 0 Å². The van der Waals surface area contributed by atoms with Gasteiger partial charge in [-0.15, -0.1) is 22.7 Å². The van der Waals surface area contributed by atoms with Crippen molar-refractivity contribution in [1.29, 1.82) is 0 Å². The molecule has 0 spiro atoms. The molecule has 3 aromatic rings. The lowest BCUT2D eigenvalue weighted by molar-refractivity contribution is -0.116. The van der Waals surface area contributed by atoms with Crippen LogP contribution in [0.25, 0.3) is 11.1 Å². The summed E-state index contributed by atoms with van der Waals surface area (Å²) >= 11 is 6.40. The van der Waals surface area contributed by atoms with E-state index in [1.165, 1.54) is 11.3 Å². The minimum atomic E-state index is -0.536. The molecule has 0 fully saturated rings. The molecule has 2 heterocycles. The Morgan fingerprint density at radius 3 is 2.58 bits per heavy atom. The first-order valence-electron chi connectivity index (χ1n) is 7.97. The van der Waals surface area contributed by atoms with E-state index in [2.05, 4.69) is 21.2 Å². The van der Waals surface area contributed by atoms with E-state index in [9.17, 15) is 9.59 Å². The number of amides is 2. The number of carbonyl (C=O) groups is 2. The van der Waals surface area contributed by atoms with Gasteiger partial charge in [-0.1, -0.05) is 30.3 Å². The maximum Gasteiger partial charge on any atom is 0.252 e. The van der Waals surface area contributed by atoms with Gasteiger partial charge >= 0.3 is 0 Å². The first kappa shape index (κ1) is 18.8. The Morgan fingerprint density at radius 1 is 1.23 bits per heavy atom. The molecule has 0 unspecified atom stereocenters. The lowest BCUT2D eigenvalue weighted by Gasteiger charge is -2.07. The Bertz CT molecular complexity index is 948. The Morgan fingerprint density at radius 2 is 1.96 bits per heavy atom. The van der Waals surface area contributed by atoms with Crippen molar-refractivity contribution in [2.45, 2.75) is 19.8 Å². The minimum absolute atomic E-state index is 0.127. The van der Waals surface area contributed by atoms with Gasteiger partial charge in [-0.2, -0.15) is 0 Å². The van der Waals surface area contributed by atoms with Crippen LogP contribution in [-0.4, -0.2) is 11.8 Å². The highest BCUT2D eigenvalue weighted by atomic mass is 79.9. The Balaban J connectivity index is 1.81. The van der Waals surface area contributed by atoms with Gasteiger partial charge in [0.15, 0.2) is 0 Å². The maximum absolute atomic E-state index is 12.4. The van der Waals surface area contributed by atoms with Crippen molar-refractivity contribution < 1.29 is 9.59 Å². The monoisotopic (exact) mass is 448 g/mol. The van der Waals surface area contributed by atoms with E-state index in [1.54, 1.807) is 11.3 Å². The fourth-order valence-corrected chi connectivity index (χ4v) is 5.28. The van der Waals surface area contributed by atoms with Crippen LogP contribution in [0, 0.1) is 6.92 Å². The molecule has 0 saturated carbocycles. The van der Waals surface area contributed by atoms with E-state index in [0.717, 1.165) is 25.4 Å². The molecule has 0 radical (unpaired) electrons. The highest BCUT2D eigenvalue weighted by Gasteiger charge is 2.22. The third-order valence-electron chi connectivity index (χ3n) is 3.87. The molecule has 2 aromatic heterocycles. The third-order valence-corrected chi connectivity index (χ3v) is 6.64. The molecule has 0 saturated heterocycles. The van der Waals surface area contributed by atoms with Gasteiger partial charge < -0.3 is 11.1 Å². The van der Waals surface area contributed by atoms with Crippen molar-refractivity contribution >= 4 is 55.4 Å². The van der Waals surface area contributed by atoms with Crippen molar-refractivity contribution in [3.63, 3.8) is 0 Å². The lowest BCUT2D eigenvalue weighted by atomic mass is 10.0. The summed E-state index contributed by atoms with van der Waals surface area (Å²) in [5.41, 5.74) is 7.71. The second-order valence-corrected chi connectivity index (χ2v) is 8.88. The maximum atomic E-state index is 12.4. The van der Waals surface area contributed by atoms with E-state index in [-0.39, 0.29) is 5.91 Å². The number of nitrogens with two attached hydrogens (primary N) is 1. The van der Waals surface area contributed by atoms with Crippen molar-refractivity contribution in [3.8, 4) is 11.1 Å². The van der Waals surface area contributed by atoms with Gasteiger partial charge in [0.05, 0.1) is 5.56 Å². The molecule has 1 aromatic carbocycles. The molecule has 134 valence electrons. The quantitative estimate of drug-likeness (QED) is 0.542. The zero-order valence-electron chi connectivity index (χ0n) is 14.0. The number of anilines is 1. The summed E-state index contributed by atoms with van der Waals surface area (Å²) in [4.78, 5) is 26.5. The average molecular weight is 449 g/mol. The van der Waals surface area contributed by atoms with E-state index in [4.69, 9.17) is 5.73 Å². The number of carbonyl (C=O) groups excluding carboxylic acids is 2. The number of primary amides is 1. The van der Waals surface area contributed by atoms with Gasteiger partial charge in [0.1, 0.15) is 5.00 Å². The number of nitrogens with one attached hydrogen (secondary N) is 1. The molecule has 4 nitrogen and oxygen atoms in total. The van der Waals surface area contributed by atoms with E-state index in [1.807, 2.05) is 48.7 Å². The Hall–Kier alpha value is -1.96. The molecule has 2 amide bonds. The summed E-state index contributed by atoms with van der Waals surface area (Å²) in [5.74, 6) is -0.663. The van der Waals surface area contributed by atoms with E-state index in [0.29, 0.717) is 23.4 Å². The van der Waals surface area contributed by atoms with Crippen molar-refractivity contribution in [3.05, 3.63) is 61.6 Å². The van der Waals surface area contributed by atoms with E-state index >= 15 is 0 Å². The summed E-state index contributed by atoms with van der Waals surface area (Å²) in [5, 5.41) is 5.38. The van der Waals surface area contributed by atoms with Crippen LogP contribution >= 0.6 is 38.6 Å². The second kappa shape index (κ2) is 8.16. The average Bonchev–Trinajstić information content (AvgIpc) is 3.16. The zero-order chi connectivity index (χ0) is 18.7. The summed E-state index contributed by atoms with van der Waals surface area (Å²) in [6.45, 7) is 1.93. The smallest absolute Gasteiger partial charge is 0.252 e. The summed E-state index contributed by atoms with van der Waals surface area (Å²) in [6, 6.07) is 11.6. The highest BCUT2D eigenvalue weighted by molar-refractivity contribution is 9.10. The largest absolute Gasteiger partial charge is 0.365 e. The molecule has 0 aliphatic heterocycles. The molecule has 3 rings (SSSR count). The molecule has 0 bridgehead atoms. The van der Waals surface area contributed by atoms with Crippen LogP contribution < -0.4 is 11.1 Å². The zero-order valence-corrected chi connectivity index (χ0v) is 17.3. The van der Waals surface area contributed by atoms with Gasteiger partial charge in [0.25, 0.3) is 5.91 Å². The predicted molar refractivity (Wildman–Crippen MR) is 112 cm³/mol. The number of halogens is 1. The summed E-state index contributed by atoms with van der Waals surface area (Å²) < 4.78 is 1.02. The number of rotatable bonds is 6. The standard InChI is InChI=1S/C19H17BrN2O2S2/c1-11-16(12-5-3-2-4-6-12)17(18(21)24)19(26-11)22-15(23)8-7-14-9-13(20)10-25-14/h2-6,9-10H,7-8H2,1H3,(H2,21,24)(H,22,23). The minimum Gasteiger partial charge on any atom is -0.365 e. The molecule has 3 N–H and O–H groups in total. The molecule has 0 aliphatic carbocycles. The Labute approximate surface area is 168 Å². The number of thiophene rings is 2. The van der Waals surface area contributed by atoms with Crippen LogP contribution in [0.5, 0.6) is 0 Å². The van der Waals surface area contributed by atoms with Gasteiger partial charge in [0, 0.05) is 31.6 Å². The van der Waals surface area contributed by atoms with Crippen molar-refractivity contribution in [2.75, 3.05) is 5.32 Å². The number of benzene rings is 1. The molecular weight excluding hydrogens is 432 g/mol. The van der Waals surface area contributed by atoms with Crippen molar-refractivity contribution in [2.24, 2.45) is 5.73 Å². The predicted octanol–water partition coefficient (Wildman–Crippen LogP) is 5.22. The number of hydrogen-bond donors (Lipinski definition) is 2. The molecule has 7 heteroatoms. The van der Waals surface area contributed by atoms with Gasteiger partial charge in [-0.05, 0) is 40.9 Å². The van der Waals surface area contributed by atoms with Crippen LogP contribution in [0.1, 0.15) is 26.5 Å². The Kier molecular flexibility index (Phi) is 5.90. The molecular formula is C19H17BrN2O2S2. The number of hydrogen-bond acceptors (Lipinski definition) is 4. The van der Waals surface area contributed by atoms with Gasteiger partial charge in [-0.25, -0.2) is 0 Å². The van der Waals surface area contributed by atoms with Crippen LogP contribution in [0.2, 0.25) is 0 Å². The fraction of sp³-hybridized carbons (Fsp3) is 0.158. The topological polar surface area (TPSA) is 72.2 Å². The van der Waals surface area contributed by atoms with Gasteiger partial charge in [-0.3, -0.25) is 9.59 Å². The van der Waals surface area contributed by atoms with Crippen molar-refractivity contribution in [1.82, 2.24) is 0 Å². The summed E-state index contributed by atoms with van der Waals surface area (Å²) in [7, 11) is 0. The van der Waals surface area contributed by atoms with Crippen LogP contribution in [0.15, 0.2) is 46.3 Å². The fourth-order valence-electron chi connectivity index (χ4n) is 2.73. The molecule has 0 atom stereocenters. The normalized spacial score (nSPS) is 10.7. The van der Waals surface area contributed by atoms with E-state index < -0.39 is 5.91 Å². The first-order valence-corrected chi connectivity index (χ1v) is 10.5. The van der Waals surface area contributed by atoms with Gasteiger partial charge in [0.2, 0.25) is 5.91 Å².